The molecular weight excluding hydrogens is 606 g/mol. The van der Waals surface area contributed by atoms with Gasteiger partial charge >= 0.3 is 5.97 Å². The van der Waals surface area contributed by atoms with E-state index in [0.717, 1.165) is 5.56 Å². The summed E-state index contributed by atoms with van der Waals surface area (Å²) in [5.41, 5.74) is 8.22. The molecule has 14 heteroatoms. The molecule has 14 nitrogen and oxygen atoms in total. The molecule has 1 saturated heterocycles. The Morgan fingerprint density at radius 2 is 1.53 bits per heavy atom. The number of carbonyl (C=O) groups is 6. The van der Waals surface area contributed by atoms with E-state index in [1.165, 1.54) is 4.90 Å². The maximum Gasteiger partial charge on any atom is 0.308 e. The lowest BCUT2D eigenvalue weighted by molar-refractivity contribution is -0.157. The van der Waals surface area contributed by atoms with Gasteiger partial charge in [-0.05, 0) is 63.9 Å². The highest BCUT2D eigenvalue weighted by atomic mass is 16.6. The predicted octanol–water partition coefficient (Wildman–Crippen LogP) is 0.426. The van der Waals surface area contributed by atoms with Crippen LogP contribution in [0.5, 0.6) is 0 Å². The van der Waals surface area contributed by atoms with E-state index in [0.29, 0.717) is 19.3 Å². The van der Waals surface area contributed by atoms with Gasteiger partial charge in [-0.25, -0.2) is 5.84 Å². The summed E-state index contributed by atoms with van der Waals surface area (Å²) in [5.74, 6) is 1.34. The first-order valence-corrected chi connectivity index (χ1v) is 16.2. The summed E-state index contributed by atoms with van der Waals surface area (Å²) in [6, 6.07) is 3.90. The summed E-state index contributed by atoms with van der Waals surface area (Å²) in [4.78, 5) is 80.4. The number of carbonyl (C=O) groups excluding carboxylic acids is 6. The molecule has 0 radical (unpaired) electrons. The van der Waals surface area contributed by atoms with Crippen molar-refractivity contribution in [2.75, 3.05) is 6.54 Å². The van der Waals surface area contributed by atoms with E-state index in [2.05, 4.69) is 21.4 Å². The van der Waals surface area contributed by atoms with E-state index in [-0.39, 0.29) is 24.8 Å². The van der Waals surface area contributed by atoms with Gasteiger partial charge in [0.25, 0.3) is 5.91 Å². The quantitative estimate of drug-likeness (QED) is 0.0665. The minimum absolute atomic E-state index is 0.0738. The van der Waals surface area contributed by atoms with Gasteiger partial charge in [-0.1, -0.05) is 58.0 Å². The van der Waals surface area contributed by atoms with Crippen LogP contribution in [0.4, 0.5) is 0 Å². The molecule has 0 spiro atoms. The van der Waals surface area contributed by atoms with Gasteiger partial charge in [-0.15, -0.1) is 0 Å². The highest BCUT2D eigenvalue weighted by Crippen LogP contribution is 2.21. The summed E-state index contributed by atoms with van der Waals surface area (Å²) in [6.45, 7) is 12.5. The molecule has 1 heterocycles. The monoisotopic (exact) mass is 659 g/mol. The molecular formula is C33H53N7O7. The third kappa shape index (κ3) is 12.6. The van der Waals surface area contributed by atoms with Gasteiger partial charge in [0.1, 0.15) is 29.8 Å². The van der Waals surface area contributed by atoms with Crippen LogP contribution in [0.25, 0.3) is 0 Å². The number of rotatable bonds is 15. The molecule has 0 aliphatic carbocycles. The number of esters is 1. The van der Waals surface area contributed by atoms with E-state index in [1.54, 1.807) is 34.6 Å². The second-order valence-electron chi connectivity index (χ2n) is 13.8. The Morgan fingerprint density at radius 1 is 0.915 bits per heavy atom. The SMILES string of the molecule is CC(C)C[C@H](NC(=O)[C@H](NC(=O)[C@@H]1CCCN1C(=O)[C@@H](CC(=O)OC(C)(C)C)NC(=O)[C@H](N)Cc1ccccc1)C(C)C)C(=O)NN. The summed E-state index contributed by atoms with van der Waals surface area (Å²) in [6.07, 6.45) is 0.852. The van der Waals surface area contributed by atoms with Crippen LogP contribution in [0, 0.1) is 11.8 Å². The lowest BCUT2D eigenvalue weighted by Gasteiger charge is -2.31. The Labute approximate surface area is 277 Å². The number of hydrogen-bond donors (Lipinski definition) is 6. The number of benzene rings is 1. The second-order valence-corrected chi connectivity index (χ2v) is 13.8. The summed E-state index contributed by atoms with van der Waals surface area (Å²) in [7, 11) is 0. The maximum atomic E-state index is 13.9. The molecule has 1 aromatic carbocycles. The molecule has 8 N–H and O–H groups in total. The Morgan fingerprint density at radius 3 is 2.09 bits per heavy atom. The van der Waals surface area contributed by atoms with Crippen LogP contribution in [0.15, 0.2) is 30.3 Å². The van der Waals surface area contributed by atoms with Crippen LogP contribution in [-0.2, 0) is 39.9 Å². The average Bonchev–Trinajstić information content (AvgIpc) is 3.47. The molecule has 0 bridgehead atoms. The molecule has 0 saturated carbocycles. The molecule has 1 aromatic rings. The van der Waals surface area contributed by atoms with Crippen LogP contribution < -0.4 is 33.0 Å². The van der Waals surface area contributed by atoms with E-state index in [1.807, 2.05) is 44.2 Å². The third-order valence-corrected chi connectivity index (χ3v) is 7.61. The standard InChI is InChI=1S/C33H53N7O7/c1-19(2)16-23(29(43)39-35)36-31(45)27(20(3)4)38-30(44)25-14-11-15-40(25)32(46)24(18-26(41)47-33(5,6)7)37-28(42)22(34)17-21-12-9-8-10-13-21/h8-10,12-13,19-20,22-25,27H,11,14-18,34-35H2,1-7H3,(H,36,45)(H,37,42)(H,38,44)(H,39,43)/t22-,23+,24-,25+,27-/m1/s1. The lowest BCUT2D eigenvalue weighted by atomic mass is 9.99. The van der Waals surface area contributed by atoms with Crippen LogP contribution in [0.2, 0.25) is 0 Å². The molecule has 1 aliphatic heterocycles. The molecule has 0 unspecified atom stereocenters. The second kappa shape index (κ2) is 17.8. The van der Waals surface area contributed by atoms with Crippen LogP contribution in [0.1, 0.15) is 79.7 Å². The number of amides is 5. The first kappa shape index (κ1) is 39.1. The topological polar surface area (TPSA) is 215 Å². The van der Waals surface area contributed by atoms with E-state index < -0.39 is 77.7 Å². The van der Waals surface area contributed by atoms with Gasteiger partial charge in [-0.3, -0.25) is 34.2 Å². The molecule has 2 rings (SSSR count). The highest BCUT2D eigenvalue weighted by Gasteiger charge is 2.41. The number of nitrogens with one attached hydrogen (secondary N) is 4. The fraction of sp³-hybridized carbons (Fsp3) is 0.636. The van der Waals surface area contributed by atoms with Crippen LogP contribution in [0.3, 0.4) is 0 Å². The third-order valence-electron chi connectivity index (χ3n) is 7.61. The van der Waals surface area contributed by atoms with Crippen molar-refractivity contribution in [1.29, 1.82) is 0 Å². The van der Waals surface area contributed by atoms with Crippen LogP contribution in [-0.4, -0.2) is 82.8 Å². The van der Waals surface area contributed by atoms with Gasteiger partial charge in [0.2, 0.25) is 23.6 Å². The normalized spacial score (nSPS) is 17.3. The van der Waals surface area contributed by atoms with Gasteiger partial charge in [-0.2, -0.15) is 0 Å². The Balaban J connectivity index is 2.24. The zero-order chi connectivity index (χ0) is 35.5. The van der Waals surface area contributed by atoms with E-state index >= 15 is 0 Å². The van der Waals surface area contributed by atoms with E-state index in [9.17, 15) is 28.8 Å². The zero-order valence-corrected chi connectivity index (χ0v) is 28.6. The largest absolute Gasteiger partial charge is 0.460 e. The average molecular weight is 660 g/mol. The Bertz CT molecular complexity index is 1250. The minimum Gasteiger partial charge on any atom is -0.460 e. The van der Waals surface area contributed by atoms with Crippen LogP contribution >= 0.6 is 0 Å². The summed E-state index contributed by atoms with van der Waals surface area (Å²) < 4.78 is 5.43. The lowest BCUT2D eigenvalue weighted by Crippen LogP contribution is -2.60. The zero-order valence-electron chi connectivity index (χ0n) is 28.6. The highest BCUT2D eigenvalue weighted by molar-refractivity contribution is 5.97. The Hall–Kier alpha value is -4.04. The van der Waals surface area contributed by atoms with Crippen molar-refractivity contribution < 1.29 is 33.5 Å². The molecule has 1 aliphatic rings. The fourth-order valence-electron chi connectivity index (χ4n) is 5.34. The summed E-state index contributed by atoms with van der Waals surface area (Å²) >= 11 is 0. The number of likely N-dealkylation sites (tertiary alicyclic amines) is 1. The van der Waals surface area contributed by atoms with Gasteiger partial charge in [0.05, 0.1) is 12.5 Å². The fourth-order valence-corrected chi connectivity index (χ4v) is 5.34. The van der Waals surface area contributed by atoms with Crippen molar-refractivity contribution >= 4 is 35.5 Å². The Kier molecular flexibility index (Phi) is 14.8. The molecule has 47 heavy (non-hydrogen) atoms. The van der Waals surface area contributed by atoms with Crippen molar-refractivity contribution in [3.63, 3.8) is 0 Å². The molecule has 5 amide bonds. The molecule has 5 atom stereocenters. The van der Waals surface area contributed by atoms with Crippen molar-refractivity contribution in [2.24, 2.45) is 23.4 Å². The number of nitrogens with zero attached hydrogens (tertiary/aromatic N) is 1. The minimum atomic E-state index is -1.34. The molecule has 262 valence electrons. The number of hydrogen-bond acceptors (Lipinski definition) is 9. The smallest absolute Gasteiger partial charge is 0.308 e. The van der Waals surface area contributed by atoms with Crippen molar-refractivity contribution in [1.82, 2.24) is 26.3 Å². The molecule has 0 aromatic heterocycles. The maximum absolute atomic E-state index is 13.9. The van der Waals surface area contributed by atoms with Crippen molar-refractivity contribution in [2.45, 2.75) is 116 Å². The summed E-state index contributed by atoms with van der Waals surface area (Å²) in [5, 5.41) is 8.05. The molecule has 1 fully saturated rings. The van der Waals surface area contributed by atoms with Crippen molar-refractivity contribution in [3.8, 4) is 0 Å². The number of nitrogens with two attached hydrogens (primary N) is 2. The number of hydrazine groups is 1. The first-order chi connectivity index (χ1) is 21.9. The van der Waals surface area contributed by atoms with Gasteiger partial charge < -0.3 is 31.3 Å². The van der Waals surface area contributed by atoms with Crippen molar-refractivity contribution in [3.05, 3.63) is 35.9 Å². The number of ether oxygens (including phenoxy) is 1. The van der Waals surface area contributed by atoms with E-state index in [4.69, 9.17) is 16.3 Å². The van der Waals surface area contributed by atoms with Gasteiger partial charge in [0.15, 0.2) is 0 Å². The predicted molar refractivity (Wildman–Crippen MR) is 176 cm³/mol. The first-order valence-electron chi connectivity index (χ1n) is 16.2. The van der Waals surface area contributed by atoms with Gasteiger partial charge in [0, 0.05) is 6.54 Å².